The zero-order chi connectivity index (χ0) is 16.0. The Hall–Kier alpha value is -1.43. The number of hydrogen-bond donors (Lipinski definition) is 0. The molecule has 0 bridgehead atoms. The fourth-order valence-electron chi connectivity index (χ4n) is 2.11. The minimum absolute atomic E-state index is 0.0906. The van der Waals surface area contributed by atoms with E-state index in [9.17, 15) is 4.79 Å². The zero-order valence-electron chi connectivity index (χ0n) is 13.1. The van der Waals surface area contributed by atoms with Gasteiger partial charge in [-0.3, -0.25) is 4.79 Å². The summed E-state index contributed by atoms with van der Waals surface area (Å²) in [5.41, 5.74) is 0.463. The maximum absolute atomic E-state index is 12.8. The number of methoxy groups -OCH3 is 3. The standard InChI is InChI=1S/C15H22BrNO4/c1-10(2)17(9-8-16)15(18)11-6-7-12(19-3)14(21-5)13(11)20-4/h6-7,10H,8-9H2,1-5H3. The summed E-state index contributed by atoms with van der Waals surface area (Å²) < 4.78 is 15.9. The molecule has 5 nitrogen and oxygen atoms in total. The van der Waals surface area contributed by atoms with Gasteiger partial charge in [-0.15, -0.1) is 0 Å². The van der Waals surface area contributed by atoms with Gasteiger partial charge in [0.25, 0.3) is 5.91 Å². The van der Waals surface area contributed by atoms with Gasteiger partial charge < -0.3 is 19.1 Å². The lowest BCUT2D eigenvalue weighted by atomic mass is 10.1. The Morgan fingerprint density at radius 2 is 1.76 bits per heavy atom. The van der Waals surface area contributed by atoms with Gasteiger partial charge in [0.05, 0.1) is 26.9 Å². The predicted molar refractivity (Wildman–Crippen MR) is 86.1 cm³/mol. The lowest BCUT2D eigenvalue weighted by molar-refractivity contribution is 0.0715. The highest BCUT2D eigenvalue weighted by Gasteiger charge is 2.25. The molecule has 118 valence electrons. The maximum Gasteiger partial charge on any atom is 0.258 e. The van der Waals surface area contributed by atoms with Crippen LogP contribution in [0, 0.1) is 0 Å². The molecule has 0 spiro atoms. The normalized spacial score (nSPS) is 10.4. The Kier molecular flexibility index (Phi) is 6.81. The second kappa shape index (κ2) is 8.12. The highest BCUT2D eigenvalue weighted by molar-refractivity contribution is 9.09. The lowest BCUT2D eigenvalue weighted by Gasteiger charge is -2.27. The first-order valence-electron chi connectivity index (χ1n) is 6.67. The van der Waals surface area contributed by atoms with E-state index in [1.807, 2.05) is 13.8 Å². The summed E-state index contributed by atoms with van der Waals surface area (Å²) in [5, 5.41) is 0.715. The Morgan fingerprint density at radius 3 is 2.19 bits per heavy atom. The maximum atomic E-state index is 12.8. The quantitative estimate of drug-likeness (QED) is 0.702. The van der Waals surface area contributed by atoms with Crippen LogP contribution in [-0.4, -0.2) is 50.1 Å². The number of carbonyl (C=O) groups excluding carboxylic acids is 1. The molecule has 0 aliphatic carbocycles. The lowest BCUT2D eigenvalue weighted by Crippen LogP contribution is -2.38. The summed E-state index contributed by atoms with van der Waals surface area (Å²) >= 11 is 3.38. The summed E-state index contributed by atoms with van der Waals surface area (Å²) in [4.78, 5) is 14.5. The van der Waals surface area contributed by atoms with Crippen molar-refractivity contribution in [3.8, 4) is 17.2 Å². The monoisotopic (exact) mass is 359 g/mol. The molecule has 0 heterocycles. The van der Waals surface area contributed by atoms with E-state index in [1.165, 1.54) is 14.2 Å². The second-order valence-electron chi connectivity index (χ2n) is 4.66. The van der Waals surface area contributed by atoms with Gasteiger partial charge in [0, 0.05) is 17.9 Å². The Balaban J connectivity index is 3.31. The van der Waals surface area contributed by atoms with Crippen LogP contribution in [0.15, 0.2) is 12.1 Å². The third kappa shape index (κ3) is 3.81. The van der Waals surface area contributed by atoms with E-state index in [4.69, 9.17) is 14.2 Å². The summed E-state index contributed by atoms with van der Waals surface area (Å²) in [5.74, 6) is 1.25. The minimum atomic E-state index is -0.0951. The summed E-state index contributed by atoms with van der Waals surface area (Å²) in [6, 6.07) is 3.50. The average molecular weight is 360 g/mol. The SMILES string of the molecule is COc1ccc(C(=O)N(CCBr)C(C)C)c(OC)c1OC. The number of rotatable bonds is 7. The Labute approximate surface area is 134 Å². The van der Waals surface area contributed by atoms with Crippen molar-refractivity contribution >= 4 is 21.8 Å². The van der Waals surface area contributed by atoms with Gasteiger partial charge in [-0.1, -0.05) is 15.9 Å². The number of alkyl halides is 1. The van der Waals surface area contributed by atoms with E-state index >= 15 is 0 Å². The van der Waals surface area contributed by atoms with Crippen molar-refractivity contribution in [1.82, 2.24) is 4.90 Å². The van der Waals surface area contributed by atoms with E-state index in [0.29, 0.717) is 34.7 Å². The number of carbonyl (C=O) groups is 1. The molecular formula is C15H22BrNO4. The molecule has 0 radical (unpaired) electrons. The number of hydrogen-bond acceptors (Lipinski definition) is 4. The highest BCUT2D eigenvalue weighted by atomic mass is 79.9. The van der Waals surface area contributed by atoms with E-state index in [0.717, 1.165) is 0 Å². The van der Waals surface area contributed by atoms with Gasteiger partial charge in [0.2, 0.25) is 5.75 Å². The molecule has 1 amide bonds. The van der Waals surface area contributed by atoms with Gasteiger partial charge in [-0.25, -0.2) is 0 Å². The fourth-order valence-corrected chi connectivity index (χ4v) is 2.49. The first kappa shape index (κ1) is 17.6. The summed E-state index contributed by atoms with van der Waals surface area (Å²) in [6.45, 7) is 4.58. The van der Waals surface area contributed by atoms with Gasteiger partial charge in [0.1, 0.15) is 0 Å². The van der Waals surface area contributed by atoms with Crippen LogP contribution in [0.4, 0.5) is 0 Å². The fraction of sp³-hybridized carbons (Fsp3) is 0.533. The van der Waals surface area contributed by atoms with Crippen LogP contribution in [-0.2, 0) is 0 Å². The van der Waals surface area contributed by atoms with Crippen LogP contribution in [0.25, 0.3) is 0 Å². The van der Waals surface area contributed by atoms with E-state index in [1.54, 1.807) is 24.1 Å². The third-order valence-electron chi connectivity index (χ3n) is 3.14. The van der Waals surface area contributed by atoms with Crippen LogP contribution in [0.5, 0.6) is 17.2 Å². The molecule has 0 fully saturated rings. The minimum Gasteiger partial charge on any atom is -0.493 e. The summed E-state index contributed by atoms with van der Waals surface area (Å²) in [6.07, 6.45) is 0. The van der Waals surface area contributed by atoms with Crippen LogP contribution in [0.3, 0.4) is 0 Å². The van der Waals surface area contributed by atoms with Gasteiger partial charge >= 0.3 is 0 Å². The van der Waals surface area contributed by atoms with E-state index in [2.05, 4.69) is 15.9 Å². The topological polar surface area (TPSA) is 48.0 Å². The molecule has 0 saturated carbocycles. The van der Waals surface area contributed by atoms with Crippen molar-refractivity contribution < 1.29 is 19.0 Å². The van der Waals surface area contributed by atoms with Gasteiger partial charge in [-0.2, -0.15) is 0 Å². The highest BCUT2D eigenvalue weighted by Crippen LogP contribution is 2.40. The third-order valence-corrected chi connectivity index (χ3v) is 3.50. The molecule has 0 aromatic heterocycles. The van der Waals surface area contributed by atoms with Crippen LogP contribution in [0.2, 0.25) is 0 Å². The molecule has 0 aliphatic heterocycles. The van der Waals surface area contributed by atoms with Crippen molar-refractivity contribution in [2.24, 2.45) is 0 Å². The Bertz CT molecular complexity index is 491. The van der Waals surface area contributed by atoms with E-state index in [-0.39, 0.29) is 11.9 Å². The summed E-state index contributed by atoms with van der Waals surface area (Å²) in [7, 11) is 4.58. The van der Waals surface area contributed by atoms with Gasteiger partial charge in [-0.05, 0) is 26.0 Å². The number of halogens is 1. The zero-order valence-corrected chi connectivity index (χ0v) is 14.7. The van der Waals surface area contributed by atoms with Crippen molar-refractivity contribution in [3.63, 3.8) is 0 Å². The van der Waals surface area contributed by atoms with Crippen molar-refractivity contribution in [2.75, 3.05) is 33.2 Å². The number of benzene rings is 1. The average Bonchev–Trinajstić information content (AvgIpc) is 2.49. The van der Waals surface area contributed by atoms with Gasteiger partial charge in [0.15, 0.2) is 11.5 Å². The van der Waals surface area contributed by atoms with Crippen LogP contribution in [0.1, 0.15) is 24.2 Å². The molecule has 1 aromatic rings. The molecule has 0 atom stereocenters. The Morgan fingerprint density at radius 1 is 1.14 bits per heavy atom. The smallest absolute Gasteiger partial charge is 0.258 e. The number of ether oxygens (including phenoxy) is 3. The van der Waals surface area contributed by atoms with E-state index < -0.39 is 0 Å². The number of nitrogens with zero attached hydrogens (tertiary/aromatic N) is 1. The molecule has 21 heavy (non-hydrogen) atoms. The predicted octanol–water partition coefficient (Wildman–Crippen LogP) is 2.96. The molecule has 0 unspecified atom stereocenters. The van der Waals surface area contributed by atoms with Crippen molar-refractivity contribution in [1.29, 1.82) is 0 Å². The molecule has 1 aromatic carbocycles. The molecular weight excluding hydrogens is 338 g/mol. The van der Waals surface area contributed by atoms with Crippen LogP contribution >= 0.6 is 15.9 Å². The first-order chi connectivity index (χ1) is 10.0. The molecule has 0 N–H and O–H groups in total. The molecule has 0 aliphatic rings. The first-order valence-corrected chi connectivity index (χ1v) is 7.79. The molecule has 1 rings (SSSR count). The van der Waals surface area contributed by atoms with Crippen molar-refractivity contribution in [2.45, 2.75) is 19.9 Å². The van der Waals surface area contributed by atoms with Crippen molar-refractivity contribution in [3.05, 3.63) is 17.7 Å². The van der Waals surface area contributed by atoms with Crippen LogP contribution < -0.4 is 14.2 Å². The molecule has 6 heteroatoms. The number of amides is 1. The second-order valence-corrected chi connectivity index (χ2v) is 5.46. The largest absolute Gasteiger partial charge is 0.493 e. The molecule has 0 saturated heterocycles.